The minimum Gasteiger partial charge on any atom is -0.508 e. The van der Waals surface area contributed by atoms with Gasteiger partial charge in [0.2, 0.25) is 0 Å². The normalized spacial score (nSPS) is 10.0. The molecule has 1 aromatic carbocycles. The van der Waals surface area contributed by atoms with Gasteiger partial charge < -0.3 is 15.2 Å². The number of amides is 1. The molecule has 82 valence electrons. The molecule has 1 aromatic rings. The number of hydrogen-bond acceptors (Lipinski definition) is 3. The summed E-state index contributed by atoms with van der Waals surface area (Å²) >= 11 is 0. The van der Waals surface area contributed by atoms with Gasteiger partial charge in [0.05, 0.1) is 6.61 Å². The molecule has 4 nitrogen and oxygen atoms in total. The predicted octanol–water partition coefficient (Wildman–Crippen LogP) is 1.08. The lowest BCUT2D eigenvalue weighted by molar-refractivity contribution is 0.0937. The maximum atomic E-state index is 11.5. The van der Waals surface area contributed by atoms with Crippen LogP contribution >= 0.6 is 0 Å². The van der Waals surface area contributed by atoms with Crippen molar-refractivity contribution >= 4 is 5.91 Å². The number of phenols is 1. The quantitative estimate of drug-likeness (QED) is 0.729. The van der Waals surface area contributed by atoms with E-state index in [9.17, 15) is 9.90 Å². The Morgan fingerprint density at radius 1 is 1.53 bits per heavy atom. The van der Waals surface area contributed by atoms with Crippen LogP contribution < -0.4 is 5.32 Å². The van der Waals surface area contributed by atoms with Gasteiger partial charge in [-0.3, -0.25) is 4.79 Å². The highest BCUT2D eigenvalue weighted by molar-refractivity contribution is 5.94. The Hall–Kier alpha value is -1.55. The van der Waals surface area contributed by atoms with E-state index < -0.39 is 0 Å². The van der Waals surface area contributed by atoms with E-state index in [-0.39, 0.29) is 11.7 Å². The average Bonchev–Trinajstić information content (AvgIpc) is 2.22. The molecule has 0 spiro atoms. The first-order chi connectivity index (χ1) is 7.15. The Bertz CT molecular complexity index is 350. The molecular weight excluding hydrogens is 194 g/mol. The Kier molecular flexibility index (Phi) is 4.12. The van der Waals surface area contributed by atoms with Crippen LogP contribution in [0.3, 0.4) is 0 Å². The number of carbonyl (C=O) groups is 1. The fourth-order valence-electron chi connectivity index (χ4n) is 1.17. The summed E-state index contributed by atoms with van der Waals surface area (Å²) in [5, 5.41) is 12.0. The van der Waals surface area contributed by atoms with E-state index in [1.807, 2.05) is 0 Å². The maximum Gasteiger partial charge on any atom is 0.251 e. The molecular formula is C11H15NO3. The highest BCUT2D eigenvalue weighted by atomic mass is 16.5. The third-order valence-electron chi connectivity index (χ3n) is 2.05. The van der Waals surface area contributed by atoms with Crippen molar-refractivity contribution in [1.82, 2.24) is 5.32 Å². The minimum atomic E-state index is -0.157. The number of aromatic hydroxyl groups is 1. The van der Waals surface area contributed by atoms with Gasteiger partial charge in [-0.25, -0.2) is 0 Å². The molecule has 0 fully saturated rings. The number of hydrogen-bond donors (Lipinski definition) is 2. The van der Waals surface area contributed by atoms with Crippen LogP contribution in [0.5, 0.6) is 5.75 Å². The zero-order valence-corrected chi connectivity index (χ0v) is 8.91. The summed E-state index contributed by atoms with van der Waals surface area (Å²) in [6, 6.07) is 4.75. The number of carbonyl (C=O) groups excluding carboxylic acids is 1. The highest BCUT2D eigenvalue weighted by Gasteiger charge is 2.06. The van der Waals surface area contributed by atoms with Crippen molar-refractivity contribution in [3.8, 4) is 5.75 Å². The van der Waals surface area contributed by atoms with Crippen LogP contribution in [0.15, 0.2) is 18.2 Å². The molecule has 0 bridgehead atoms. The van der Waals surface area contributed by atoms with Gasteiger partial charge in [0, 0.05) is 19.2 Å². The second-order valence-electron chi connectivity index (χ2n) is 3.25. The van der Waals surface area contributed by atoms with E-state index in [2.05, 4.69) is 5.32 Å². The van der Waals surface area contributed by atoms with E-state index in [0.717, 1.165) is 0 Å². The molecule has 0 atom stereocenters. The van der Waals surface area contributed by atoms with Crippen LogP contribution in [0.25, 0.3) is 0 Å². The predicted molar refractivity (Wildman–Crippen MR) is 57.1 cm³/mol. The Morgan fingerprint density at radius 2 is 2.27 bits per heavy atom. The third kappa shape index (κ3) is 3.25. The molecule has 2 N–H and O–H groups in total. The summed E-state index contributed by atoms with van der Waals surface area (Å²) in [5.74, 6) is 0.0404. The summed E-state index contributed by atoms with van der Waals surface area (Å²) in [4.78, 5) is 11.5. The van der Waals surface area contributed by atoms with E-state index in [1.54, 1.807) is 26.2 Å². The standard InChI is InChI=1S/C11H15NO3/c1-8-7-9(3-4-10(8)13)11(14)12-5-6-15-2/h3-4,7,13H,5-6H2,1-2H3,(H,12,14). The summed E-state index contributed by atoms with van der Waals surface area (Å²) in [5.41, 5.74) is 1.23. The monoisotopic (exact) mass is 209 g/mol. The van der Waals surface area contributed by atoms with Crippen LogP contribution in [0, 0.1) is 6.92 Å². The molecule has 1 amide bonds. The topological polar surface area (TPSA) is 58.6 Å². The van der Waals surface area contributed by atoms with Crippen molar-refractivity contribution in [1.29, 1.82) is 0 Å². The van der Waals surface area contributed by atoms with Crippen LogP contribution in [0.4, 0.5) is 0 Å². The first kappa shape index (κ1) is 11.5. The van der Waals surface area contributed by atoms with E-state index >= 15 is 0 Å². The summed E-state index contributed by atoms with van der Waals surface area (Å²) in [7, 11) is 1.58. The lowest BCUT2D eigenvalue weighted by Gasteiger charge is -2.05. The zero-order chi connectivity index (χ0) is 11.3. The van der Waals surface area contributed by atoms with Crippen molar-refractivity contribution in [2.45, 2.75) is 6.92 Å². The largest absolute Gasteiger partial charge is 0.508 e. The summed E-state index contributed by atoms with van der Waals surface area (Å²) < 4.78 is 4.82. The maximum absolute atomic E-state index is 11.5. The fraction of sp³-hybridized carbons (Fsp3) is 0.364. The highest BCUT2D eigenvalue weighted by Crippen LogP contribution is 2.16. The minimum absolute atomic E-state index is 0.157. The summed E-state index contributed by atoms with van der Waals surface area (Å²) in [6.45, 7) is 2.72. The van der Waals surface area contributed by atoms with Gasteiger partial charge in [0.1, 0.15) is 5.75 Å². The van der Waals surface area contributed by atoms with E-state index in [1.165, 1.54) is 6.07 Å². The number of methoxy groups -OCH3 is 1. The lowest BCUT2D eigenvalue weighted by atomic mass is 10.1. The van der Waals surface area contributed by atoms with Crippen LogP contribution in [0.1, 0.15) is 15.9 Å². The number of ether oxygens (including phenoxy) is 1. The van der Waals surface area contributed by atoms with Gasteiger partial charge in [-0.15, -0.1) is 0 Å². The van der Waals surface area contributed by atoms with Crippen LogP contribution in [-0.4, -0.2) is 31.3 Å². The second-order valence-corrected chi connectivity index (χ2v) is 3.25. The van der Waals surface area contributed by atoms with Crippen LogP contribution in [0.2, 0.25) is 0 Å². The molecule has 4 heteroatoms. The first-order valence-corrected chi connectivity index (χ1v) is 4.72. The molecule has 0 aromatic heterocycles. The van der Waals surface area contributed by atoms with Gasteiger partial charge in [-0.1, -0.05) is 0 Å². The third-order valence-corrected chi connectivity index (χ3v) is 2.05. The number of phenolic OH excluding ortho intramolecular Hbond substituents is 1. The van der Waals surface area contributed by atoms with Crippen molar-refractivity contribution < 1.29 is 14.6 Å². The molecule has 0 unspecified atom stereocenters. The van der Waals surface area contributed by atoms with Crippen molar-refractivity contribution in [3.63, 3.8) is 0 Å². The molecule has 1 rings (SSSR count). The second kappa shape index (κ2) is 5.36. The Morgan fingerprint density at radius 3 is 2.87 bits per heavy atom. The van der Waals surface area contributed by atoms with Crippen molar-refractivity contribution in [2.24, 2.45) is 0 Å². The molecule has 0 saturated carbocycles. The fourth-order valence-corrected chi connectivity index (χ4v) is 1.17. The van der Waals surface area contributed by atoms with Gasteiger partial charge >= 0.3 is 0 Å². The molecule has 0 saturated heterocycles. The lowest BCUT2D eigenvalue weighted by Crippen LogP contribution is -2.26. The first-order valence-electron chi connectivity index (χ1n) is 4.72. The number of aryl methyl sites for hydroxylation is 1. The number of nitrogens with one attached hydrogen (secondary N) is 1. The van der Waals surface area contributed by atoms with E-state index in [0.29, 0.717) is 24.3 Å². The van der Waals surface area contributed by atoms with Gasteiger partial charge in [0.15, 0.2) is 0 Å². The molecule has 0 heterocycles. The average molecular weight is 209 g/mol. The molecule has 15 heavy (non-hydrogen) atoms. The molecule has 0 aliphatic carbocycles. The summed E-state index contributed by atoms with van der Waals surface area (Å²) in [6.07, 6.45) is 0. The Labute approximate surface area is 88.9 Å². The molecule has 0 radical (unpaired) electrons. The van der Waals surface area contributed by atoms with Gasteiger partial charge in [-0.2, -0.15) is 0 Å². The van der Waals surface area contributed by atoms with Crippen molar-refractivity contribution in [3.05, 3.63) is 29.3 Å². The SMILES string of the molecule is COCCNC(=O)c1ccc(O)c(C)c1. The molecule has 0 aliphatic rings. The smallest absolute Gasteiger partial charge is 0.251 e. The van der Waals surface area contributed by atoms with Gasteiger partial charge in [0.25, 0.3) is 5.91 Å². The zero-order valence-electron chi connectivity index (χ0n) is 8.91. The molecule has 0 aliphatic heterocycles. The van der Waals surface area contributed by atoms with Gasteiger partial charge in [-0.05, 0) is 30.7 Å². The number of rotatable bonds is 4. The van der Waals surface area contributed by atoms with Crippen molar-refractivity contribution in [2.75, 3.05) is 20.3 Å². The van der Waals surface area contributed by atoms with E-state index in [4.69, 9.17) is 4.74 Å². The Balaban J connectivity index is 2.62. The number of benzene rings is 1. The van der Waals surface area contributed by atoms with Crippen LogP contribution in [-0.2, 0) is 4.74 Å².